The van der Waals surface area contributed by atoms with E-state index in [1.807, 2.05) is 0 Å². The monoisotopic (exact) mass is 438 g/mol. The van der Waals surface area contributed by atoms with Gasteiger partial charge in [-0.1, -0.05) is 12.1 Å². The number of carbonyl (C=O) groups is 3. The number of hydrogen-bond donors (Lipinski definition) is 1. The molecular formula is C22H28F2N2O5. The van der Waals surface area contributed by atoms with Gasteiger partial charge in [0.1, 0.15) is 6.04 Å². The van der Waals surface area contributed by atoms with Crippen LogP contribution in [-0.2, 0) is 24.7 Å². The molecule has 1 N–H and O–H groups in total. The Morgan fingerprint density at radius 2 is 1.71 bits per heavy atom. The van der Waals surface area contributed by atoms with Crippen LogP contribution in [0.5, 0.6) is 0 Å². The van der Waals surface area contributed by atoms with Crippen LogP contribution in [-0.4, -0.2) is 48.5 Å². The van der Waals surface area contributed by atoms with Gasteiger partial charge < -0.3 is 14.9 Å². The molecule has 1 heterocycles. The second-order valence-electron chi connectivity index (χ2n) is 9.24. The van der Waals surface area contributed by atoms with Gasteiger partial charge in [0.25, 0.3) is 5.92 Å². The van der Waals surface area contributed by atoms with Crippen LogP contribution >= 0.6 is 0 Å². The van der Waals surface area contributed by atoms with Gasteiger partial charge in [-0.3, -0.25) is 4.79 Å². The van der Waals surface area contributed by atoms with Crippen molar-refractivity contribution < 1.29 is 32.7 Å². The van der Waals surface area contributed by atoms with Gasteiger partial charge in [-0.15, -0.1) is 5.06 Å². The zero-order valence-corrected chi connectivity index (χ0v) is 18.2. The van der Waals surface area contributed by atoms with E-state index in [0.29, 0.717) is 18.4 Å². The number of methoxy groups -OCH3 is 1. The fourth-order valence-electron chi connectivity index (χ4n) is 3.47. The smallest absolute Gasteiger partial charge is 0.337 e. The van der Waals surface area contributed by atoms with Gasteiger partial charge in [0.05, 0.1) is 23.6 Å². The molecule has 9 heteroatoms. The van der Waals surface area contributed by atoms with Crippen LogP contribution in [0.15, 0.2) is 24.3 Å². The van der Waals surface area contributed by atoms with Crippen molar-refractivity contribution in [1.82, 2.24) is 10.4 Å². The SMILES string of the molecule is COC(=O)c1ccc(C2(NC(=O)[C@H]3CC(F)(F)CCN3OC(=O)C(C)(C)C)CC2)cc1. The van der Waals surface area contributed by atoms with Crippen LogP contribution in [0.4, 0.5) is 8.78 Å². The van der Waals surface area contributed by atoms with E-state index in [1.54, 1.807) is 45.0 Å². The summed E-state index contributed by atoms with van der Waals surface area (Å²) in [5.74, 6) is -4.70. The number of benzene rings is 1. The molecule has 31 heavy (non-hydrogen) atoms. The highest BCUT2D eigenvalue weighted by Crippen LogP contribution is 2.46. The third-order valence-electron chi connectivity index (χ3n) is 5.62. The first kappa shape index (κ1) is 23.1. The maximum atomic E-state index is 14.1. The molecule has 2 fully saturated rings. The quantitative estimate of drug-likeness (QED) is 0.711. The lowest BCUT2D eigenvalue weighted by atomic mass is 9.97. The van der Waals surface area contributed by atoms with Gasteiger partial charge in [0, 0.05) is 19.4 Å². The van der Waals surface area contributed by atoms with E-state index in [2.05, 4.69) is 10.1 Å². The summed E-state index contributed by atoms with van der Waals surface area (Å²) in [5, 5.41) is 3.95. The molecule has 0 aromatic heterocycles. The molecule has 1 atom stereocenters. The fourth-order valence-corrected chi connectivity index (χ4v) is 3.47. The van der Waals surface area contributed by atoms with Crippen molar-refractivity contribution in [2.75, 3.05) is 13.7 Å². The zero-order valence-electron chi connectivity index (χ0n) is 18.2. The maximum Gasteiger partial charge on any atom is 0.337 e. The van der Waals surface area contributed by atoms with Gasteiger partial charge in [-0.2, -0.15) is 0 Å². The number of rotatable bonds is 5. The molecule has 3 rings (SSSR count). The standard InChI is InChI=1S/C22H28F2N2O5/c1-20(2,3)19(29)31-26-12-11-22(23,24)13-16(26)17(27)25-21(9-10-21)15-7-5-14(6-8-15)18(28)30-4/h5-8,16H,9-13H2,1-4H3,(H,25,27)/t16-/m1/s1. The minimum atomic E-state index is -3.02. The van der Waals surface area contributed by atoms with Gasteiger partial charge in [-0.05, 0) is 51.3 Å². The number of ether oxygens (including phenoxy) is 1. The maximum absolute atomic E-state index is 14.1. The van der Waals surface area contributed by atoms with Gasteiger partial charge in [-0.25, -0.2) is 18.4 Å². The van der Waals surface area contributed by atoms with E-state index in [1.165, 1.54) is 7.11 Å². The number of amides is 1. The Bertz CT molecular complexity index is 860. The summed E-state index contributed by atoms with van der Waals surface area (Å²) in [4.78, 5) is 42.2. The van der Waals surface area contributed by atoms with Gasteiger partial charge in [0.15, 0.2) is 0 Å². The summed E-state index contributed by atoms with van der Waals surface area (Å²) in [6.07, 6.45) is 0.0599. The second-order valence-corrected chi connectivity index (χ2v) is 9.24. The highest BCUT2D eigenvalue weighted by Gasteiger charge is 2.51. The van der Waals surface area contributed by atoms with Crippen LogP contribution in [0.1, 0.15) is 62.4 Å². The summed E-state index contributed by atoms with van der Waals surface area (Å²) in [6.45, 7) is 4.73. The van der Waals surface area contributed by atoms with Crippen molar-refractivity contribution in [1.29, 1.82) is 0 Å². The Morgan fingerprint density at radius 1 is 1.10 bits per heavy atom. The van der Waals surface area contributed by atoms with Crippen molar-refractivity contribution in [2.45, 2.75) is 64.0 Å². The third kappa shape index (κ3) is 5.20. The number of alkyl halides is 2. The van der Waals surface area contributed by atoms with Crippen molar-refractivity contribution in [2.24, 2.45) is 5.41 Å². The molecule has 1 aromatic carbocycles. The minimum absolute atomic E-state index is 0.228. The summed E-state index contributed by atoms with van der Waals surface area (Å²) in [7, 11) is 1.29. The molecule has 1 saturated heterocycles. The molecule has 0 radical (unpaired) electrons. The highest BCUT2D eigenvalue weighted by molar-refractivity contribution is 5.89. The highest BCUT2D eigenvalue weighted by atomic mass is 19.3. The van der Waals surface area contributed by atoms with Crippen LogP contribution in [0.2, 0.25) is 0 Å². The first-order valence-electron chi connectivity index (χ1n) is 10.2. The summed E-state index contributed by atoms with van der Waals surface area (Å²) in [6, 6.07) is 5.33. The lowest BCUT2D eigenvalue weighted by molar-refractivity contribution is -0.233. The van der Waals surface area contributed by atoms with Crippen molar-refractivity contribution in [3.63, 3.8) is 0 Å². The summed E-state index contributed by atoms with van der Waals surface area (Å²) < 4.78 is 32.9. The predicted molar refractivity (Wildman–Crippen MR) is 107 cm³/mol. The molecule has 0 bridgehead atoms. The molecule has 170 valence electrons. The number of halogens is 2. The number of esters is 1. The Labute approximate surface area is 180 Å². The average Bonchev–Trinajstić information content (AvgIpc) is 3.48. The first-order valence-corrected chi connectivity index (χ1v) is 10.2. The van der Waals surface area contributed by atoms with E-state index in [0.717, 1.165) is 10.6 Å². The fraction of sp³-hybridized carbons (Fsp3) is 0.591. The lowest BCUT2D eigenvalue weighted by Crippen LogP contribution is -2.56. The Morgan fingerprint density at radius 3 is 2.23 bits per heavy atom. The first-order chi connectivity index (χ1) is 14.4. The normalized spacial score (nSPS) is 22.3. The number of hydrogen-bond acceptors (Lipinski definition) is 6. The molecule has 1 aliphatic heterocycles. The predicted octanol–water partition coefficient (Wildman–Crippen LogP) is 3.18. The van der Waals surface area contributed by atoms with E-state index in [4.69, 9.17) is 4.84 Å². The number of nitrogens with zero attached hydrogens (tertiary/aromatic N) is 1. The van der Waals surface area contributed by atoms with Crippen LogP contribution in [0.25, 0.3) is 0 Å². The Kier molecular flexibility index (Phi) is 6.10. The second kappa shape index (κ2) is 8.18. The number of hydroxylamine groups is 2. The Balaban J connectivity index is 1.75. The van der Waals surface area contributed by atoms with Crippen molar-refractivity contribution in [3.05, 3.63) is 35.4 Å². The molecule has 1 saturated carbocycles. The van der Waals surface area contributed by atoms with E-state index >= 15 is 0 Å². The van der Waals surface area contributed by atoms with Crippen LogP contribution < -0.4 is 5.32 Å². The van der Waals surface area contributed by atoms with Crippen LogP contribution in [0, 0.1) is 5.41 Å². The van der Waals surface area contributed by atoms with E-state index in [9.17, 15) is 23.2 Å². The number of carbonyl (C=O) groups excluding carboxylic acids is 3. The molecule has 0 spiro atoms. The van der Waals surface area contributed by atoms with Crippen molar-refractivity contribution >= 4 is 17.8 Å². The molecule has 7 nitrogen and oxygen atoms in total. The van der Waals surface area contributed by atoms with Crippen molar-refractivity contribution in [3.8, 4) is 0 Å². The molecule has 2 aliphatic rings. The molecule has 0 unspecified atom stereocenters. The average molecular weight is 438 g/mol. The largest absolute Gasteiger partial charge is 0.465 e. The molecular weight excluding hydrogens is 410 g/mol. The third-order valence-corrected chi connectivity index (χ3v) is 5.62. The molecule has 1 aliphatic carbocycles. The number of nitrogens with one attached hydrogen (secondary N) is 1. The number of piperidine rings is 1. The minimum Gasteiger partial charge on any atom is -0.465 e. The van der Waals surface area contributed by atoms with E-state index in [-0.39, 0.29) is 6.54 Å². The topological polar surface area (TPSA) is 84.9 Å². The Hall–Kier alpha value is -2.55. The van der Waals surface area contributed by atoms with Gasteiger partial charge in [0.2, 0.25) is 5.91 Å². The summed E-state index contributed by atoms with van der Waals surface area (Å²) in [5.41, 5.74) is -0.368. The summed E-state index contributed by atoms with van der Waals surface area (Å²) >= 11 is 0. The zero-order chi connectivity index (χ0) is 23.0. The van der Waals surface area contributed by atoms with E-state index < -0.39 is 53.6 Å². The van der Waals surface area contributed by atoms with Gasteiger partial charge >= 0.3 is 11.9 Å². The van der Waals surface area contributed by atoms with Crippen LogP contribution in [0.3, 0.4) is 0 Å². The lowest BCUT2D eigenvalue weighted by Gasteiger charge is -2.38. The molecule has 1 aromatic rings. The molecule has 1 amide bonds.